The molecule has 5 rings (SSSR count). The van der Waals surface area contributed by atoms with Crippen molar-refractivity contribution in [2.45, 2.75) is 114 Å². The van der Waals surface area contributed by atoms with Crippen molar-refractivity contribution in [1.29, 1.82) is 0 Å². The van der Waals surface area contributed by atoms with E-state index in [1.165, 1.54) is 57.8 Å². The highest BCUT2D eigenvalue weighted by Crippen LogP contribution is 2.33. The molecule has 8 heteroatoms. The van der Waals surface area contributed by atoms with Crippen molar-refractivity contribution in [2.75, 3.05) is 32.1 Å². The summed E-state index contributed by atoms with van der Waals surface area (Å²) < 4.78 is 2.04. The molecule has 0 bridgehead atoms. The molecule has 1 aromatic heterocycles. The van der Waals surface area contributed by atoms with Gasteiger partial charge in [-0.2, -0.15) is 0 Å². The number of carboxylic acid groups (broad SMARTS) is 1. The summed E-state index contributed by atoms with van der Waals surface area (Å²) >= 11 is 0. The quantitative estimate of drug-likeness (QED) is 0.504. The van der Waals surface area contributed by atoms with Crippen LogP contribution in [0.25, 0.3) is 11.0 Å². The molecule has 2 atom stereocenters. The Balaban J connectivity index is 1.42. The number of piperidine rings is 1. The van der Waals surface area contributed by atoms with E-state index in [1.807, 2.05) is 52.7 Å². The van der Waals surface area contributed by atoms with Crippen molar-refractivity contribution < 1.29 is 9.90 Å². The van der Waals surface area contributed by atoms with Crippen LogP contribution in [0.5, 0.6) is 0 Å². The number of carboxylic acids is 1. The minimum absolute atomic E-state index is 0.0296. The zero-order valence-electron chi connectivity index (χ0n) is 23.9. The van der Waals surface area contributed by atoms with Crippen LogP contribution in [0.1, 0.15) is 95.9 Å². The zero-order chi connectivity index (χ0) is 27.4. The fourth-order valence-corrected chi connectivity index (χ4v) is 7.33. The number of anilines is 1. The second kappa shape index (κ2) is 12.4. The van der Waals surface area contributed by atoms with Crippen LogP contribution in [0, 0.1) is 0 Å². The van der Waals surface area contributed by atoms with Crippen molar-refractivity contribution in [3.63, 3.8) is 0 Å². The van der Waals surface area contributed by atoms with E-state index in [4.69, 9.17) is 4.98 Å². The second-order valence-corrected chi connectivity index (χ2v) is 12.4. The number of nitrogens with zero attached hydrogens (tertiary/aromatic N) is 4. The molecule has 1 aliphatic heterocycles. The predicted molar refractivity (Wildman–Crippen MR) is 157 cm³/mol. The minimum Gasteiger partial charge on any atom is -0.480 e. The molecule has 0 amide bonds. The van der Waals surface area contributed by atoms with Crippen LogP contribution >= 0.6 is 0 Å². The number of hydrogen-bond donors (Lipinski definition) is 2. The topological polar surface area (TPSA) is 90.7 Å². The van der Waals surface area contributed by atoms with Gasteiger partial charge in [-0.1, -0.05) is 57.1 Å². The summed E-state index contributed by atoms with van der Waals surface area (Å²) in [6, 6.07) is 9.17. The van der Waals surface area contributed by atoms with Gasteiger partial charge in [-0.15, -0.1) is 0 Å². The van der Waals surface area contributed by atoms with E-state index in [9.17, 15) is 14.7 Å². The molecule has 2 saturated carbocycles. The fraction of sp³-hybridized carbons (Fsp3) is 0.710. The van der Waals surface area contributed by atoms with Gasteiger partial charge in [0.25, 0.3) is 5.56 Å². The maximum Gasteiger partial charge on any atom is 0.324 e. The second-order valence-electron chi connectivity index (χ2n) is 12.4. The van der Waals surface area contributed by atoms with Gasteiger partial charge in [0.2, 0.25) is 0 Å². The van der Waals surface area contributed by atoms with E-state index in [-0.39, 0.29) is 11.6 Å². The highest BCUT2D eigenvalue weighted by molar-refractivity contribution is 5.80. The summed E-state index contributed by atoms with van der Waals surface area (Å²) in [6.07, 6.45) is 15.6. The predicted octanol–water partition coefficient (Wildman–Crippen LogP) is 4.96. The van der Waals surface area contributed by atoms with Crippen LogP contribution in [0.3, 0.4) is 0 Å². The van der Waals surface area contributed by atoms with Gasteiger partial charge in [0.15, 0.2) is 5.82 Å². The molecular weight excluding hydrogens is 490 g/mol. The van der Waals surface area contributed by atoms with Crippen molar-refractivity contribution in [1.82, 2.24) is 19.8 Å². The molecule has 1 saturated heterocycles. The van der Waals surface area contributed by atoms with Gasteiger partial charge in [-0.05, 0) is 71.2 Å². The average molecular weight is 538 g/mol. The minimum atomic E-state index is -0.899. The smallest absolute Gasteiger partial charge is 0.324 e. The first-order valence-corrected chi connectivity index (χ1v) is 15.3. The van der Waals surface area contributed by atoms with E-state index in [1.54, 1.807) is 0 Å². The molecule has 2 aromatic rings. The van der Waals surface area contributed by atoms with Crippen LogP contribution in [0.4, 0.5) is 5.82 Å². The zero-order valence-corrected chi connectivity index (χ0v) is 23.9. The van der Waals surface area contributed by atoms with Crippen molar-refractivity contribution in [3.8, 4) is 0 Å². The SMILES string of the molecule is CN(C)C1(C(=O)O)CCN(c2nc3ccccc3n([C@H]3CCCC[C@H](NC4CCCCCCC4)C3)c2=O)CC1. The molecule has 8 nitrogen and oxygen atoms in total. The number of para-hydroxylation sites is 2. The van der Waals surface area contributed by atoms with Gasteiger partial charge < -0.3 is 19.9 Å². The maximum atomic E-state index is 14.2. The fourth-order valence-electron chi connectivity index (χ4n) is 7.33. The number of nitrogens with one attached hydrogen (secondary N) is 1. The lowest BCUT2D eigenvalue weighted by molar-refractivity contribution is -0.151. The Labute approximate surface area is 232 Å². The Kier molecular flexibility index (Phi) is 8.92. The number of hydrogen-bond acceptors (Lipinski definition) is 6. The Morgan fingerprint density at radius 3 is 2.26 bits per heavy atom. The Morgan fingerprint density at radius 2 is 1.56 bits per heavy atom. The van der Waals surface area contributed by atoms with Gasteiger partial charge in [0, 0.05) is 31.2 Å². The normalized spacial score (nSPS) is 25.3. The largest absolute Gasteiger partial charge is 0.480 e. The van der Waals surface area contributed by atoms with Crippen molar-refractivity contribution in [3.05, 3.63) is 34.6 Å². The number of benzene rings is 1. The number of aromatic nitrogens is 2. The van der Waals surface area contributed by atoms with Crippen molar-refractivity contribution >= 4 is 22.8 Å². The molecule has 2 aliphatic carbocycles. The number of rotatable bonds is 6. The van der Waals surface area contributed by atoms with Gasteiger partial charge in [-0.25, -0.2) is 4.98 Å². The third-order valence-corrected chi connectivity index (χ3v) is 9.76. The number of aliphatic carboxylic acids is 1. The van der Waals surface area contributed by atoms with Crippen LogP contribution < -0.4 is 15.8 Å². The van der Waals surface area contributed by atoms with Gasteiger partial charge >= 0.3 is 5.97 Å². The molecular formula is C31H47N5O3. The summed E-state index contributed by atoms with van der Waals surface area (Å²) in [4.78, 5) is 35.1. The Bertz CT molecular complexity index is 1180. The Morgan fingerprint density at radius 1 is 0.949 bits per heavy atom. The van der Waals surface area contributed by atoms with Crippen molar-refractivity contribution in [2.24, 2.45) is 0 Å². The molecule has 1 aromatic carbocycles. The molecule has 0 radical (unpaired) electrons. The first-order valence-electron chi connectivity index (χ1n) is 15.3. The molecule has 3 aliphatic rings. The summed E-state index contributed by atoms with van der Waals surface area (Å²) in [6.45, 7) is 1.00. The standard InChI is InChI=1S/C31H47N5O3/c1-34(2)31(30(38)39)18-20-35(21-19-31)28-29(37)36(27-17-11-10-16-26(27)33-28)25-15-9-8-14-24(22-25)32-23-12-6-4-3-5-7-13-23/h10-11,16-17,23-25,32H,3-9,12-15,18-22H2,1-2H3,(H,38,39)/t24-,25-/m0/s1. The number of fused-ring (bicyclic) bond motifs is 1. The van der Waals surface area contributed by atoms with Crippen LogP contribution in [0.2, 0.25) is 0 Å². The summed E-state index contributed by atoms with van der Waals surface area (Å²) in [5.74, 6) is -0.322. The third-order valence-electron chi connectivity index (χ3n) is 9.76. The van der Waals surface area contributed by atoms with Gasteiger partial charge in [0.1, 0.15) is 5.54 Å². The maximum absolute atomic E-state index is 14.2. The number of likely N-dealkylation sites (N-methyl/N-ethyl adjacent to an activating group) is 1. The van der Waals surface area contributed by atoms with E-state index in [0.29, 0.717) is 43.8 Å². The molecule has 39 heavy (non-hydrogen) atoms. The highest BCUT2D eigenvalue weighted by atomic mass is 16.4. The van der Waals surface area contributed by atoms with Crippen LogP contribution in [-0.4, -0.2) is 70.3 Å². The number of carbonyl (C=O) groups is 1. The lowest BCUT2D eigenvalue weighted by atomic mass is 9.86. The van der Waals surface area contributed by atoms with E-state index in [0.717, 1.165) is 30.3 Å². The summed E-state index contributed by atoms with van der Waals surface area (Å²) in [7, 11) is 3.66. The van der Waals surface area contributed by atoms with Crippen LogP contribution in [0.15, 0.2) is 29.1 Å². The first-order chi connectivity index (χ1) is 18.9. The van der Waals surface area contributed by atoms with Crippen LogP contribution in [-0.2, 0) is 4.79 Å². The summed E-state index contributed by atoms with van der Waals surface area (Å²) in [5, 5.41) is 14.0. The molecule has 2 N–H and O–H groups in total. The van der Waals surface area contributed by atoms with Gasteiger partial charge in [-0.3, -0.25) is 14.5 Å². The lowest BCUT2D eigenvalue weighted by Gasteiger charge is -2.43. The molecule has 214 valence electrons. The molecule has 0 spiro atoms. The van der Waals surface area contributed by atoms with E-state index >= 15 is 0 Å². The average Bonchev–Trinajstić information content (AvgIpc) is 3.15. The molecule has 2 heterocycles. The lowest BCUT2D eigenvalue weighted by Crippen LogP contribution is -2.58. The van der Waals surface area contributed by atoms with Gasteiger partial charge in [0.05, 0.1) is 11.0 Å². The van der Waals surface area contributed by atoms with E-state index < -0.39 is 11.5 Å². The summed E-state index contributed by atoms with van der Waals surface area (Å²) in [5.41, 5.74) is 0.818. The Hall–Kier alpha value is -2.45. The first kappa shape index (κ1) is 28.1. The third kappa shape index (κ3) is 6.02. The highest BCUT2D eigenvalue weighted by Gasteiger charge is 2.44. The molecule has 0 unspecified atom stereocenters. The monoisotopic (exact) mass is 537 g/mol. The molecule has 3 fully saturated rings. The van der Waals surface area contributed by atoms with E-state index in [2.05, 4.69) is 5.32 Å².